The summed E-state index contributed by atoms with van der Waals surface area (Å²) in [5, 5.41) is 0.511. The van der Waals surface area contributed by atoms with Crippen molar-refractivity contribution >= 4 is 27.5 Å². The minimum absolute atomic E-state index is 0.0756. The number of likely N-dealkylation sites (tertiary alicyclic amines) is 1. The Bertz CT molecular complexity index is 1160. The van der Waals surface area contributed by atoms with Crippen molar-refractivity contribution < 1.29 is 9.53 Å². The van der Waals surface area contributed by atoms with Gasteiger partial charge < -0.3 is 15.4 Å². The number of benzene rings is 1. The van der Waals surface area contributed by atoms with Gasteiger partial charge in [-0.25, -0.2) is 4.98 Å². The van der Waals surface area contributed by atoms with Crippen LogP contribution >= 0.6 is 11.3 Å². The van der Waals surface area contributed by atoms with Crippen molar-refractivity contribution in [2.24, 2.45) is 5.73 Å². The maximum absolute atomic E-state index is 13.7. The van der Waals surface area contributed by atoms with E-state index in [1.807, 2.05) is 28.8 Å². The first-order valence-electron chi connectivity index (χ1n) is 10.1. The van der Waals surface area contributed by atoms with Gasteiger partial charge in [0.1, 0.15) is 16.4 Å². The Balaban J connectivity index is 1.91. The lowest BCUT2D eigenvalue weighted by Gasteiger charge is -2.31. The fraction of sp³-hybridized carbons (Fsp3) is 0.409. The first-order chi connectivity index (χ1) is 14.4. The molecule has 1 aromatic carbocycles. The molecule has 0 unspecified atom stereocenters. The molecular formula is C22H26N4O3S. The molecule has 0 radical (unpaired) electrons. The van der Waals surface area contributed by atoms with E-state index in [9.17, 15) is 9.59 Å². The highest BCUT2D eigenvalue weighted by Crippen LogP contribution is 2.31. The van der Waals surface area contributed by atoms with Crippen LogP contribution in [0.25, 0.3) is 10.2 Å². The second kappa shape index (κ2) is 8.20. The van der Waals surface area contributed by atoms with E-state index >= 15 is 0 Å². The Morgan fingerprint density at radius 1 is 1.30 bits per heavy atom. The van der Waals surface area contributed by atoms with Crippen LogP contribution < -0.4 is 16.0 Å². The lowest BCUT2D eigenvalue weighted by atomic mass is 10.0. The molecule has 0 spiro atoms. The van der Waals surface area contributed by atoms with E-state index in [1.54, 1.807) is 14.0 Å². The maximum atomic E-state index is 13.7. The normalized spacial score (nSPS) is 15.6. The molecule has 1 amide bonds. The number of carbonyl (C=O) groups excluding carboxylic acids is 1. The van der Waals surface area contributed by atoms with Crippen molar-refractivity contribution in [2.45, 2.75) is 32.2 Å². The van der Waals surface area contributed by atoms with Crippen LogP contribution in [-0.2, 0) is 6.42 Å². The maximum Gasteiger partial charge on any atom is 0.262 e. The van der Waals surface area contributed by atoms with Gasteiger partial charge in [-0.2, -0.15) is 0 Å². The number of aromatic nitrogens is 2. The van der Waals surface area contributed by atoms with E-state index in [4.69, 9.17) is 15.5 Å². The third-order valence-corrected chi connectivity index (χ3v) is 7.09. The number of fused-ring (bicyclic) bond motifs is 1. The molecule has 158 valence electrons. The lowest BCUT2D eigenvalue weighted by molar-refractivity contribution is 0.100. The number of ether oxygens (including phenoxy) is 1. The van der Waals surface area contributed by atoms with Crippen molar-refractivity contribution in [3.63, 3.8) is 0 Å². The highest BCUT2D eigenvalue weighted by atomic mass is 32.1. The Morgan fingerprint density at radius 3 is 2.67 bits per heavy atom. The number of thiophene rings is 1. The SMILES string of the molecule is COc1ccccc1Cc1nc2sc(C(N)=O)c(C)c2c(=O)n1C1CCN(C)CC1. The summed E-state index contributed by atoms with van der Waals surface area (Å²) in [5.74, 6) is 0.942. The largest absolute Gasteiger partial charge is 0.496 e. The Kier molecular flexibility index (Phi) is 5.62. The van der Waals surface area contributed by atoms with Gasteiger partial charge in [0.15, 0.2) is 0 Å². The summed E-state index contributed by atoms with van der Waals surface area (Å²) < 4.78 is 7.36. The van der Waals surface area contributed by atoms with Gasteiger partial charge in [-0.1, -0.05) is 18.2 Å². The van der Waals surface area contributed by atoms with Crippen LogP contribution in [0.3, 0.4) is 0 Å². The number of para-hydroxylation sites is 1. The second-order valence-electron chi connectivity index (χ2n) is 7.83. The minimum atomic E-state index is -0.521. The third kappa shape index (κ3) is 3.61. The first-order valence-corrected chi connectivity index (χ1v) is 10.9. The van der Waals surface area contributed by atoms with Gasteiger partial charge in [0.25, 0.3) is 11.5 Å². The molecule has 0 bridgehead atoms. The summed E-state index contributed by atoms with van der Waals surface area (Å²) in [5.41, 5.74) is 7.05. The molecule has 1 saturated heterocycles. The summed E-state index contributed by atoms with van der Waals surface area (Å²) in [7, 11) is 3.74. The monoisotopic (exact) mass is 426 g/mol. The summed E-state index contributed by atoms with van der Waals surface area (Å²) in [6.45, 7) is 3.64. The van der Waals surface area contributed by atoms with Crippen molar-refractivity contribution in [1.29, 1.82) is 0 Å². The van der Waals surface area contributed by atoms with Gasteiger partial charge >= 0.3 is 0 Å². The molecule has 2 N–H and O–H groups in total. The Hall–Kier alpha value is -2.71. The number of piperidine rings is 1. The average molecular weight is 427 g/mol. The quantitative estimate of drug-likeness (QED) is 0.677. The summed E-state index contributed by atoms with van der Waals surface area (Å²) in [4.78, 5) is 33.6. The number of methoxy groups -OCH3 is 1. The topological polar surface area (TPSA) is 90.5 Å². The van der Waals surface area contributed by atoms with Crippen LogP contribution in [0.2, 0.25) is 0 Å². The van der Waals surface area contributed by atoms with Crippen molar-refractivity contribution in [3.05, 3.63) is 56.4 Å². The van der Waals surface area contributed by atoms with E-state index in [1.165, 1.54) is 11.3 Å². The van der Waals surface area contributed by atoms with Gasteiger partial charge in [0.2, 0.25) is 0 Å². The number of nitrogens with two attached hydrogens (primary N) is 1. The van der Waals surface area contributed by atoms with Crippen molar-refractivity contribution in [2.75, 3.05) is 27.2 Å². The minimum Gasteiger partial charge on any atom is -0.496 e. The molecule has 3 aromatic rings. The number of hydrogen-bond donors (Lipinski definition) is 1. The number of rotatable bonds is 5. The molecule has 7 nitrogen and oxygen atoms in total. The van der Waals surface area contributed by atoms with Crippen LogP contribution in [0, 0.1) is 6.92 Å². The molecule has 0 aliphatic carbocycles. The van der Waals surface area contributed by atoms with E-state index < -0.39 is 5.91 Å². The molecular weight excluding hydrogens is 400 g/mol. The van der Waals surface area contributed by atoms with Gasteiger partial charge in [-0.05, 0) is 51.5 Å². The first kappa shape index (κ1) is 20.6. The molecule has 2 aromatic heterocycles. The van der Waals surface area contributed by atoms with Crippen LogP contribution in [0.4, 0.5) is 0 Å². The zero-order chi connectivity index (χ0) is 21.4. The van der Waals surface area contributed by atoms with E-state index in [0.29, 0.717) is 32.9 Å². The van der Waals surface area contributed by atoms with E-state index in [-0.39, 0.29) is 11.6 Å². The molecule has 1 aliphatic rings. The molecule has 0 atom stereocenters. The Labute approximate surface area is 179 Å². The Morgan fingerprint density at radius 2 is 2.00 bits per heavy atom. The molecule has 1 fully saturated rings. The number of amides is 1. The van der Waals surface area contributed by atoms with Gasteiger partial charge in [-0.15, -0.1) is 11.3 Å². The highest BCUT2D eigenvalue weighted by Gasteiger charge is 2.26. The number of nitrogens with zero attached hydrogens (tertiary/aromatic N) is 3. The van der Waals surface area contributed by atoms with Crippen LogP contribution in [-0.4, -0.2) is 47.6 Å². The number of primary amides is 1. The number of carbonyl (C=O) groups is 1. The van der Waals surface area contributed by atoms with Gasteiger partial charge in [-0.3, -0.25) is 14.2 Å². The van der Waals surface area contributed by atoms with Crippen molar-refractivity contribution in [3.8, 4) is 5.75 Å². The van der Waals surface area contributed by atoms with Gasteiger partial charge in [0, 0.05) is 18.0 Å². The summed E-state index contributed by atoms with van der Waals surface area (Å²) >= 11 is 1.20. The summed E-state index contributed by atoms with van der Waals surface area (Å²) in [6.07, 6.45) is 2.24. The predicted molar refractivity (Wildman–Crippen MR) is 119 cm³/mol. The van der Waals surface area contributed by atoms with E-state index in [0.717, 1.165) is 37.2 Å². The standard InChI is InChI=1S/C22H26N4O3S/c1-13-18-21(30-19(13)20(23)27)24-17(12-14-6-4-5-7-16(14)29-3)26(22(18)28)15-8-10-25(2)11-9-15/h4-7,15H,8-12H2,1-3H3,(H2,23,27). The zero-order valence-corrected chi connectivity index (χ0v) is 18.3. The van der Waals surface area contributed by atoms with Crippen LogP contribution in [0.1, 0.15) is 45.5 Å². The fourth-order valence-electron chi connectivity index (χ4n) is 4.25. The van der Waals surface area contributed by atoms with Crippen LogP contribution in [0.15, 0.2) is 29.1 Å². The summed E-state index contributed by atoms with van der Waals surface area (Å²) in [6, 6.07) is 7.85. The van der Waals surface area contributed by atoms with Crippen LogP contribution in [0.5, 0.6) is 5.75 Å². The zero-order valence-electron chi connectivity index (χ0n) is 17.5. The number of aryl methyl sites for hydroxylation is 1. The molecule has 1 aliphatic heterocycles. The molecule has 3 heterocycles. The average Bonchev–Trinajstić information content (AvgIpc) is 3.06. The highest BCUT2D eigenvalue weighted by molar-refractivity contribution is 7.20. The lowest BCUT2D eigenvalue weighted by Crippen LogP contribution is -2.37. The third-order valence-electron chi connectivity index (χ3n) is 5.89. The second-order valence-corrected chi connectivity index (χ2v) is 8.83. The number of hydrogen-bond acceptors (Lipinski definition) is 6. The molecule has 8 heteroatoms. The molecule has 30 heavy (non-hydrogen) atoms. The smallest absolute Gasteiger partial charge is 0.262 e. The molecule has 0 saturated carbocycles. The van der Waals surface area contributed by atoms with E-state index in [2.05, 4.69) is 11.9 Å². The molecule has 4 rings (SSSR count). The van der Waals surface area contributed by atoms with Gasteiger partial charge in [0.05, 0.1) is 17.4 Å². The van der Waals surface area contributed by atoms with Crippen molar-refractivity contribution in [1.82, 2.24) is 14.5 Å². The predicted octanol–water partition coefficient (Wildman–Crippen LogP) is 2.73. The fourth-order valence-corrected chi connectivity index (χ4v) is 5.29.